The molecule has 0 bridgehead atoms. The van der Waals surface area contributed by atoms with Crippen molar-refractivity contribution in [1.82, 2.24) is 9.21 Å². The van der Waals surface area contributed by atoms with Gasteiger partial charge in [-0.25, -0.2) is 8.42 Å². The molecule has 2 aromatic rings. The van der Waals surface area contributed by atoms with Gasteiger partial charge in [0, 0.05) is 42.4 Å². The highest BCUT2D eigenvalue weighted by Crippen LogP contribution is 2.34. The van der Waals surface area contributed by atoms with Crippen LogP contribution in [0.4, 0.5) is 0 Å². The number of piperazine rings is 1. The number of benzene rings is 1. The minimum absolute atomic E-state index is 0.145. The molecule has 1 aromatic carbocycles. The number of nitrogens with zero attached hydrogens (tertiary/aromatic N) is 2. The van der Waals surface area contributed by atoms with Gasteiger partial charge in [-0.15, -0.1) is 11.3 Å². The maximum Gasteiger partial charge on any atom is 0.244 e. The van der Waals surface area contributed by atoms with Crippen LogP contribution in [0.2, 0.25) is 0 Å². The van der Waals surface area contributed by atoms with Crippen molar-refractivity contribution in [2.24, 2.45) is 0 Å². The van der Waals surface area contributed by atoms with Crippen LogP contribution in [0, 0.1) is 13.8 Å². The van der Waals surface area contributed by atoms with Gasteiger partial charge in [0.2, 0.25) is 15.9 Å². The summed E-state index contributed by atoms with van der Waals surface area (Å²) in [5.74, 6) is 0.428. The second-order valence-corrected chi connectivity index (χ2v) is 11.4. The number of amides is 1. The van der Waals surface area contributed by atoms with Crippen molar-refractivity contribution < 1.29 is 13.2 Å². The second-order valence-electron chi connectivity index (χ2n) is 8.05. The summed E-state index contributed by atoms with van der Waals surface area (Å²) in [4.78, 5) is 17.0. The zero-order valence-corrected chi connectivity index (χ0v) is 18.7. The fourth-order valence-electron chi connectivity index (χ4n) is 4.59. The van der Waals surface area contributed by atoms with Crippen molar-refractivity contribution in [2.75, 3.05) is 26.2 Å². The third kappa shape index (κ3) is 4.13. The molecular weight excluding hydrogens is 404 g/mol. The maximum absolute atomic E-state index is 13.0. The third-order valence-electron chi connectivity index (χ3n) is 6.12. The Bertz CT molecular complexity index is 1000. The van der Waals surface area contributed by atoms with Gasteiger partial charge in [-0.2, -0.15) is 4.31 Å². The number of hydrogen-bond acceptors (Lipinski definition) is 4. The van der Waals surface area contributed by atoms with Gasteiger partial charge < -0.3 is 4.90 Å². The SMILES string of the molecule is Cc1cc(S(=O)(=O)N2CCN(C(=O)CC3CCCc4ccccc43)CC2)c(C)s1. The lowest BCUT2D eigenvalue weighted by Crippen LogP contribution is -2.50. The number of carbonyl (C=O) groups excluding carboxylic acids is 1. The number of sulfonamides is 1. The van der Waals surface area contributed by atoms with E-state index in [1.54, 1.807) is 6.07 Å². The summed E-state index contributed by atoms with van der Waals surface area (Å²) in [5.41, 5.74) is 2.69. The molecule has 0 N–H and O–H groups in total. The Kier molecular flexibility index (Phi) is 5.82. The van der Waals surface area contributed by atoms with E-state index in [0.29, 0.717) is 37.5 Å². The highest BCUT2D eigenvalue weighted by Gasteiger charge is 2.33. The van der Waals surface area contributed by atoms with Crippen LogP contribution in [0.15, 0.2) is 35.2 Å². The molecule has 29 heavy (non-hydrogen) atoms. The summed E-state index contributed by atoms with van der Waals surface area (Å²) in [5, 5.41) is 0. The monoisotopic (exact) mass is 432 g/mol. The molecule has 1 atom stereocenters. The highest BCUT2D eigenvalue weighted by molar-refractivity contribution is 7.89. The van der Waals surface area contributed by atoms with Crippen LogP contribution in [-0.4, -0.2) is 49.7 Å². The summed E-state index contributed by atoms with van der Waals surface area (Å²) in [6.45, 7) is 5.44. The Hall–Kier alpha value is -1.70. The van der Waals surface area contributed by atoms with E-state index < -0.39 is 10.0 Å². The first-order chi connectivity index (χ1) is 13.9. The van der Waals surface area contributed by atoms with Crippen LogP contribution in [0.3, 0.4) is 0 Å². The number of carbonyl (C=O) groups is 1. The lowest BCUT2D eigenvalue weighted by Gasteiger charge is -2.35. The van der Waals surface area contributed by atoms with Crippen LogP contribution in [0.5, 0.6) is 0 Å². The first-order valence-electron chi connectivity index (χ1n) is 10.3. The molecule has 7 heteroatoms. The summed E-state index contributed by atoms with van der Waals surface area (Å²) in [6.07, 6.45) is 3.79. The number of rotatable bonds is 4. The molecule has 5 nitrogen and oxygen atoms in total. The Balaban J connectivity index is 1.39. The van der Waals surface area contributed by atoms with Crippen molar-refractivity contribution in [3.05, 3.63) is 51.2 Å². The fourth-order valence-corrected chi connectivity index (χ4v) is 7.53. The molecular formula is C22H28N2O3S2. The van der Waals surface area contributed by atoms with E-state index in [9.17, 15) is 13.2 Å². The minimum Gasteiger partial charge on any atom is -0.340 e. The van der Waals surface area contributed by atoms with Crippen molar-refractivity contribution in [3.8, 4) is 0 Å². The van der Waals surface area contributed by atoms with E-state index in [2.05, 4.69) is 24.3 Å². The molecule has 0 spiro atoms. The molecule has 0 saturated carbocycles. The molecule has 1 fully saturated rings. The zero-order chi connectivity index (χ0) is 20.6. The van der Waals surface area contributed by atoms with E-state index in [1.807, 2.05) is 18.7 Å². The van der Waals surface area contributed by atoms with Crippen LogP contribution in [0.25, 0.3) is 0 Å². The van der Waals surface area contributed by atoms with Crippen molar-refractivity contribution >= 4 is 27.3 Å². The van der Waals surface area contributed by atoms with E-state index in [4.69, 9.17) is 0 Å². The lowest BCUT2D eigenvalue weighted by atomic mass is 9.81. The molecule has 0 radical (unpaired) electrons. The van der Waals surface area contributed by atoms with Gasteiger partial charge in [0.05, 0.1) is 4.90 Å². The zero-order valence-electron chi connectivity index (χ0n) is 17.1. The first kappa shape index (κ1) is 20.6. The van der Waals surface area contributed by atoms with E-state index in [0.717, 1.165) is 29.0 Å². The molecule has 2 heterocycles. The fraction of sp³-hybridized carbons (Fsp3) is 0.500. The van der Waals surface area contributed by atoms with Gasteiger partial charge in [0.25, 0.3) is 0 Å². The molecule has 4 rings (SSSR count). The standard InChI is InChI=1S/C22H28N2O3S2/c1-16-14-21(17(2)28-16)29(26,27)24-12-10-23(11-13-24)22(25)15-19-8-5-7-18-6-3-4-9-20(18)19/h3-4,6,9,14,19H,5,7-8,10-13,15H2,1-2H3. The van der Waals surface area contributed by atoms with Gasteiger partial charge in [0.15, 0.2) is 0 Å². The maximum atomic E-state index is 13.0. The summed E-state index contributed by atoms with van der Waals surface area (Å²) in [6, 6.07) is 10.2. The normalized spacial score (nSPS) is 20.5. The number of thiophene rings is 1. The smallest absolute Gasteiger partial charge is 0.244 e. The van der Waals surface area contributed by atoms with Gasteiger partial charge >= 0.3 is 0 Å². The largest absolute Gasteiger partial charge is 0.340 e. The number of hydrogen-bond donors (Lipinski definition) is 0. The third-order valence-corrected chi connectivity index (χ3v) is 9.24. The van der Waals surface area contributed by atoms with Crippen LogP contribution in [0.1, 0.15) is 46.1 Å². The van der Waals surface area contributed by atoms with Gasteiger partial charge in [-0.05, 0) is 56.2 Å². The lowest BCUT2D eigenvalue weighted by molar-refractivity contribution is -0.132. The summed E-state index contributed by atoms with van der Waals surface area (Å²) >= 11 is 1.51. The Morgan fingerprint density at radius 1 is 1.14 bits per heavy atom. The summed E-state index contributed by atoms with van der Waals surface area (Å²) < 4.78 is 27.5. The molecule has 2 aliphatic rings. The molecule has 1 saturated heterocycles. The quantitative estimate of drug-likeness (QED) is 0.740. The molecule has 1 amide bonds. The molecule has 1 aliphatic carbocycles. The van der Waals surface area contributed by atoms with Gasteiger partial charge in [0.1, 0.15) is 0 Å². The van der Waals surface area contributed by atoms with Crippen molar-refractivity contribution in [3.63, 3.8) is 0 Å². The number of aryl methyl sites for hydroxylation is 3. The topological polar surface area (TPSA) is 57.7 Å². The predicted molar refractivity (Wildman–Crippen MR) is 116 cm³/mol. The molecule has 156 valence electrons. The first-order valence-corrected chi connectivity index (χ1v) is 12.5. The van der Waals surface area contributed by atoms with Crippen LogP contribution < -0.4 is 0 Å². The van der Waals surface area contributed by atoms with Crippen molar-refractivity contribution in [1.29, 1.82) is 0 Å². The van der Waals surface area contributed by atoms with E-state index in [-0.39, 0.29) is 11.8 Å². The highest BCUT2D eigenvalue weighted by atomic mass is 32.2. The predicted octanol–water partition coefficient (Wildman–Crippen LogP) is 3.71. The Morgan fingerprint density at radius 2 is 1.86 bits per heavy atom. The Labute approximate surface area is 177 Å². The van der Waals surface area contributed by atoms with Gasteiger partial charge in [-0.1, -0.05) is 24.3 Å². The molecule has 1 aromatic heterocycles. The average molecular weight is 433 g/mol. The van der Waals surface area contributed by atoms with Crippen LogP contribution in [-0.2, 0) is 21.2 Å². The van der Waals surface area contributed by atoms with E-state index in [1.165, 1.54) is 26.8 Å². The van der Waals surface area contributed by atoms with Crippen LogP contribution >= 0.6 is 11.3 Å². The van der Waals surface area contributed by atoms with Gasteiger partial charge in [-0.3, -0.25) is 4.79 Å². The molecule has 1 unspecified atom stereocenters. The minimum atomic E-state index is -3.48. The van der Waals surface area contributed by atoms with Crippen molar-refractivity contribution in [2.45, 2.75) is 50.3 Å². The number of fused-ring (bicyclic) bond motifs is 1. The second kappa shape index (κ2) is 8.20. The Morgan fingerprint density at radius 3 is 2.55 bits per heavy atom. The average Bonchev–Trinajstić information content (AvgIpc) is 3.07. The van der Waals surface area contributed by atoms with E-state index >= 15 is 0 Å². The molecule has 1 aliphatic heterocycles. The summed E-state index contributed by atoms with van der Waals surface area (Å²) in [7, 11) is -3.48.